The van der Waals surface area contributed by atoms with E-state index in [9.17, 15) is 5.11 Å². The molecule has 0 saturated heterocycles. The molecule has 1 unspecified atom stereocenters. The van der Waals surface area contributed by atoms with Crippen LogP contribution < -0.4 is 5.73 Å². The van der Waals surface area contributed by atoms with Crippen LogP contribution in [0.2, 0.25) is 0 Å². The fourth-order valence-corrected chi connectivity index (χ4v) is 2.05. The van der Waals surface area contributed by atoms with Crippen LogP contribution in [0.25, 0.3) is 0 Å². The first kappa shape index (κ1) is 9.68. The van der Waals surface area contributed by atoms with Crippen LogP contribution >= 0.6 is 0 Å². The topological polar surface area (TPSA) is 64.1 Å². The zero-order chi connectivity index (χ0) is 9.97. The van der Waals surface area contributed by atoms with Crippen LogP contribution in [0.1, 0.15) is 43.5 Å². The van der Waals surface area contributed by atoms with Crippen molar-refractivity contribution < 1.29 is 5.11 Å². The molecule has 0 radical (unpaired) electrons. The van der Waals surface area contributed by atoms with Gasteiger partial charge in [0.1, 0.15) is 6.10 Å². The van der Waals surface area contributed by atoms with E-state index in [2.05, 4.69) is 9.55 Å². The molecule has 1 aliphatic carbocycles. The van der Waals surface area contributed by atoms with E-state index in [4.69, 9.17) is 5.73 Å². The van der Waals surface area contributed by atoms with Gasteiger partial charge in [-0.25, -0.2) is 4.98 Å². The second-order valence-corrected chi connectivity index (χ2v) is 3.94. The maximum Gasteiger partial charge on any atom is 0.110 e. The van der Waals surface area contributed by atoms with Crippen molar-refractivity contribution in [3.05, 3.63) is 18.2 Å². The third-order valence-electron chi connectivity index (χ3n) is 2.93. The van der Waals surface area contributed by atoms with Crippen molar-refractivity contribution in [3.63, 3.8) is 0 Å². The number of rotatable bonds is 3. The Morgan fingerprint density at radius 1 is 1.57 bits per heavy atom. The highest BCUT2D eigenvalue weighted by molar-refractivity contribution is 5.02. The molecule has 0 amide bonds. The van der Waals surface area contributed by atoms with Crippen molar-refractivity contribution in [3.8, 4) is 0 Å². The van der Waals surface area contributed by atoms with Gasteiger partial charge in [0.15, 0.2) is 0 Å². The first-order valence-corrected chi connectivity index (χ1v) is 5.22. The van der Waals surface area contributed by atoms with Crippen LogP contribution in [0.4, 0.5) is 0 Å². The molecule has 2 rings (SSSR count). The minimum atomic E-state index is -0.613. The highest BCUT2D eigenvalue weighted by Crippen LogP contribution is 2.29. The highest BCUT2D eigenvalue weighted by Gasteiger charge is 2.18. The average molecular weight is 195 g/mol. The Kier molecular flexibility index (Phi) is 2.84. The number of nitrogens with two attached hydrogens (primary N) is 1. The largest absolute Gasteiger partial charge is 0.385 e. The van der Waals surface area contributed by atoms with Gasteiger partial charge in [-0.2, -0.15) is 0 Å². The maximum absolute atomic E-state index is 9.48. The fourth-order valence-electron chi connectivity index (χ4n) is 2.05. The molecule has 1 aliphatic rings. The standard InChI is InChI=1S/C10H17N3O/c11-5-10(14)9-6-13(7-12-9)8-3-1-2-4-8/h6-8,10,14H,1-5,11H2. The quantitative estimate of drug-likeness (QED) is 0.756. The molecule has 1 atom stereocenters. The number of aromatic nitrogens is 2. The van der Waals surface area contributed by atoms with Gasteiger partial charge < -0.3 is 15.4 Å². The van der Waals surface area contributed by atoms with E-state index >= 15 is 0 Å². The smallest absolute Gasteiger partial charge is 0.110 e. The summed E-state index contributed by atoms with van der Waals surface area (Å²) in [6, 6.07) is 0.584. The van der Waals surface area contributed by atoms with Crippen LogP contribution in [0.3, 0.4) is 0 Å². The van der Waals surface area contributed by atoms with E-state index in [-0.39, 0.29) is 6.54 Å². The van der Waals surface area contributed by atoms with Crippen molar-refractivity contribution in [1.82, 2.24) is 9.55 Å². The molecular weight excluding hydrogens is 178 g/mol. The number of hydrogen-bond acceptors (Lipinski definition) is 3. The third kappa shape index (κ3) is 1.81. The van der Waals surface area contributed by atoms with Gasteiger partial charge in [0.25, 0.3) is 0 Å². The summed E-state index contributed by atoms with van der Waals surface area (Å²) in [6.07, 6.45) is 8.19. The first-order valence-electron chi connectivity index (χ1n) is 5.22. The van der Waals surface area contributed by atoms with E-state index in [1.807, 2.05) is 12.5 Å². The van der Waals surface area contributed by atoms with Gasteiger partial charge in [-0.15, -0.1) is 0 Å². The molecule has 0 bridgehead atoms. The lowest BCUT2D eigenvalue weighted by molar-refractivity contribution is 0.182. The minimum absolute atomic E-state index is 0.238. The zero-order valence-electron chi connectivity index (χ0n) is 8.26. The molecule has 78 valence electrons. The molecule has 1 aromatic heterocycles. The van der Waals surface area contributed by atoms with E-state index in [1.165, 1.54) is 25.7 Å². The number of hydrogen-bond donors (Lipinski definition) is 2. The van der Waals surface area contributed by atoms with E-state index in [0.29, 0.717) is 11.7 Å². The van der Waals surface area contributed by atoms with Crippen LogP contribution in [0.5, 0.6) is 0 Å². The monoisotopic (exact) mass is 195 g/mol. The Hall–Kier alpha value is -0.870. The molecule has 0 aliphatic heterocycles. The lowest BCUT2D eigenvalue weighted by Gasteiger charge is -2.09. The molecule has 3 N–H and O–H groups in total. The fraction of sp³-hybridized carbons (Fsp3) is 0.700. The number of aliphatic hydroxyl groups excluding tert-OH is 1. The van der Waals surface area contributed by atoms with E-state index < -0.39 is 6.10 Å². The van der Waals surface area contributed by atoms with Gasteiger partial charge in [0.05, 0.1) is 12.0 Å². The van der Waals surface area contributed by atoms with Crippen LogP contribution in [0, 0.1) is 0 Å². The molecule has 14 heavy (non-hydrogen) atoms. The summed E-state index contributed by atoms with van der Waals surface area (Å²) < 4.78 is 2.11. The Bertz CT molecular complexity index is 291. The summed E-state index contributed by atoms with van der Waals surface area (Å²) in [5.74, 6) is 0. The van der Waals surface area contributed by atoms with Crippen molar-refractivity contribution in [2.24, 2.45) is 5.73 Å². The lowest BCUT2D eigenvalue weighted by atomic mass is 10.2. The van der Waals surface area contributed by atoms with Gasteiger partial charge in [-0.1, -0.05) is 12.8 Å². The molecule has 1 saturated carbocycles. The average Bonchev–Trinajstić information content (AvgIpc) is 2.86. The Balaban J connectivity index is 2.08. The summed E-state index contributed by atoms with van der Waals surface area (Å²) in [5.41, 5.74) is 6.06. The maximum atomic E-state index is 9.48. The predicted molar refractivity (Wildman–Crippen MR) is 53.7 cm³/mol. The van der Waals surface area contributed by atoms with Gasteiger partial charge in [0, 0.05) is 18.8 Å². The molecule has 0 spiro atoms. The lowest BCUT2D eigenvalue weighted by Crippen LogP contribution is -2.11. The molecule has 0 aromatic carbocycles. The van der Waals surface area contributed by atoms with E-state index in [1.54, 1.807) is 0 Å². The van der Waals surface area contributed by atoms with Crippen molar-refractivity contribution in [2.45, 2.75) is 37.8 Å². The Morgan fingerprint density at radius 3 is 2.93 bits per heavy atom. The normalized spacial score (nSPS) is 20.1. The number of aliphatic hydroxyl groups is 1. The zero-order valence-corrected chi connectivity index (χ0v) is 8.26. The molecule has 4 heteroatoms. The summed E-state index contributed by atoms with van der Waals surface area (Å²) in [7, 11) is 0. The second-order valence-electron chi connectivity index (χ2n) is 3.94. The number of nitrogens with zero attached hydrogens (tertiary/aromatic N) is 2. The molecule has 4 nitrogen and oxygen atoms in total. The van der Waals surface area contributed by atoms with Crippen molar-refractivity contribution in [2.75, 3.05) is 6.54 Å². The van der Waals surface area contributed by atoms with Gasteiger partial charge in [0.2, 0.25) is 0 Å². The third-order valence-corrected chi connectivity index (χ3v) is 2.93. The van der Waals surface area contributed by atoms with Gasteiger partial charge in [-0.3, -0.25) is 0 Å². The second kappa shape index (κ2) is 4.11. The molecule has 1 heterocycles. The Labute approximate surface area is 83.8 Å². The van der Waals surface area contributed by atoms with Gasteiger partial charge >= 0.3 is 0 Å². The number of imidazole rings is 1. The van der Waals surface area contributed by atoms with Crippen LogP contribution in [-0.4, -0.2) is 21.2 Å². The van der Waals surface area contributed by atoms with Gasteiger partial charge in [-0.05, 0) is 12.8 Å². The van der Waals surface area contributed by atoms with Crippen molar-refractivity contribution >= 4 is 0 Å². The highest BCUT2D eigenvalue weighted by atomic mass is 16.3. The summed E-state index contributed by atoms with van der Waals surface area (Å²) in [4.78, 5) is 4.16. The minimum Gasteiger partial charge on any atom is -0.385 e. The van der Waals surface area contributed by atoms with Crippen LogP contribution in [0.15, 0.2) is 12.5 Å². The SMILES string of the molecule is NCC(O)c1cn(C2CCCC2)cn1. The Morgan fingerprint density at radius 2 is 2.29 bits per heavy atom. The molecular formula is C10H17N3O. The molecule has 1 aromatic rings. The summed E-state index contributed by atoms with van der Waals surface area (Å²) in [6.45, 7) is 0.238. The summed E-state index contributed by atoms with van der Waals surface area (Å²) in [5, 5.41) is 9.48. The van der Waals surface area contributed by atoms with Crippen LogP contribution in [-0.2, 0) is 0 Å². The molecule has 1 fully saturated rings. The first-order chi connectivity index (χ1) is 6.81. The predicted octanol–water partition coefficient (Wildman–Crippen LogP) is 0.990. The van der Waals surface area contributed by atoms with E-state index in [0.717, 1.165) is 0 Å². The summed E-state index contributed by atoms with van der Waals surface area (Å²) >= 11 is 0. The van der Waals surface area contributed by atoms with Crippen molar-refractivity contribution in [1.29, 1.82) is 0 Å².